The van der Waals surface area contributed by atoms with Crippen LogP contribution in [0.25, 0.3) is 0 Å². The second-order valence-corrected chi connectivity index (χ2v) is 11.6. The molecule has 7 nitrogen and oxygen atoms in total. The van der Waals surface area contributed by atoms with Gasteiger partial charge in [0.05, 0.1) is 29.2 Å². The SMILES string of the molecule is CCCNC(=O)[C@@H]1[C@@H]2CCC3(S2)C(C(=O)Nc2ccc(Cl)cc2)N([C@@H](CO)C(C)C)C(=O)[C@H]13. The highest BCUT2D eigenvalue weighted by molar-refractivity contribution is 8.02. The fraction of sp³-hybridized carbons (Fsp3) is 0.625. The van der Waals surface area contributed by atoms with Gasteiger partial charge in [0.2, 0.25) is 17.7 Å². The number of hydrogen-bond donors (Lipinski definition) is 3. The lowest BCUT2D eigenvalue weighted by Gasteiger charge is -2.38. The Bertz CT molecular complexity index is 927. The predicted octanol–water partition coefficient (Wildman–Crippen LogP) is 2.91. The van der Waals surface area contributed by atoms with Crippen molar-refractivity contribution < 1.29 is 19.5 Å². The monoisotopic (exact) mass is 493 g/mol. The maximum Gasteiger partial charge on any atom is 0.248 e. The van der Waals surface area contributed by atoms with Crippen molar-refractivity contribution in [3.63, 3.8) is 0 Å². The number of carbonyl (C=O) groups is 3. The van der Waals surface area contributed by atoms with Crippen molar-refractivity contribution in [2.24, 2.45) is 17.8 Å². The van der Waals surface area contributed by atoms with Crippen LogP contribution in [0, 0.1) is 17.8 Å². The summed E-state index contributed by atoms with van der Waals surface area (Å²) in [7, 11) is 0. The number of likely N-dealkylation sites (tertiary alicyclic amines) is 1. The molecule has 0 saturated carbocycles. The zero-order chi connectivity index (χ0) is 23.9. The van der Waals surface area contributed by atoms with Crippen LogP contribution in [0.3, 0.4) is 0 Å². The Morgan fingerprint density at radius 2 is 1.97 bits per heavy atom. The van der Waals surface area contributed by atoms with Crippen molar-refractivity contribution in [1.29, 1.82) is 0 Å². The molecule has 3 fully saturated rings. The number of nitrogens with one attached hydrogen (secondary N) is 2. The van der Waals surface area contributed by atoms with Gasteiger partial charge in [0.15, 0.2) is 0 Å². The summed E-state index contributed by atoms with van der Waals surface area (Å²) in [5.41, 5.74) is 0.594. The molecule has 9 heteroatoms. The quantitative estimate of drug-likeness (QED) is 0.517. The van der Waals surface area contributed by atoms with Crippen LogP contribution in [-0.2, 0) is 14.4 Å². The van der Waals surface area contributed by atoms with Gasteiger partial charge in [-0.25, -0.2) is 0 Å². The van der Waals surface area contributed by atoms with Gasteiger partial charge in [-0.3, -0.25) is 14.4 Å². The van der Waals surface area contributed by atoms with E-state index in [0.717, 1.165) is 12.8 Å². The van der Waals surface area contributed by atoms with Crippen LogP contribution < -0.4 is 10.6 Å². The van der Waals surface area contributed by atoms with E-state index in [2.05, 4.69) is 10.6 Å². The first-order chi connectivity index (χ1) is 15.7. The predicted molar refractivity (Wildman–Crippen MR) is 130 cm³/mol. The minimum atomic E-state index is -0.760. The highest BCUT2D eigenvalue weighted by Gasteiger charge is 2.74. The molecule has 4 rings (SSSR count). The van der Waals surface area contributed by atoms with Crippen molar-refractivity contribution in [1.82, 2.24) is 10.2 Å². The van der Waals surface area contributed by atoms with Crippen LogP contribution in [0.4, 0.5) is 5.69 Å². The minimum Gasteiger partial charge on any atom is -0.394 e. The molecule has 3 aliphatic rings. The lowest BCUT2D eigenvalue weighted by atomic mass is 9.70. The minimum absolute atomic E-state index is 0.0235. The van der Waals surface area contributed by atoms with Crippen molar-refractivity contribution in [3.8, 4) is 0 Å². The molecule has 3 aliphatic heterocycles. The summed E-state index contributed by atoms with van der Waals surface area (Å²) in [6.07, 6.45) is 2.31. The number of amides is 3. The van der Waals surface area contributed by atoms with Gasteiger partial charge in [-0.15, -0.1) is 11.8 Å². The number of anilines is 1. The van der Waals surface area contributed by atoms with Gasteiger partial charge in [-0.05, 0) is 49.4 Å². The van der Waals surface area contributed by atoms with Crippen molar-refractivity contribution in [2.75, 3.05) is 18.5 Å². The maximum absolute atomic E-state index is 13.9. The van der Waals surface area contributed by atoms with E-state index < -0.39 is 28.7 Å². The number of benzene rings is 1. The Balaban J connectivity index is 1.72. The number of nitrogens with zero attached hydrogens (tertiary/aromatic N) is 1. The van der Waals surface area contributed by atoms with Crippen molar-refractivity contribution in [3.05, 3.63) is 29.3 Å². The number of thioether (sulfide) groups is 1. The van der Waals surface area contributed by atoms with E-state index in [1.165, 1.54) is 0 Å². The first-order valence-corrected chi connectivity index (χ1v) is 13.0. The Morgan fingerprint density at radius 3 is 2.58 bits per heavy atom. The van der Waals surface area contributed by atoms with E-state index in [0.29, 0.717) is 23.7 Å². The number of hydrogen-bond acceptors (Lipinski definition) is 5. The standard InChI is InChI=1S/C24H32ClN3O4S/c1-4-11-26-21(30)18-17-9-10-24(33-17)19(18)23(32)28(16(12-29)13(2)3)20(24)22(31)27-15-7-5-14(25)6-8-15/h5-8,13,16-20,29H,4,9-12H2,1-3H3,(H,26,30)(H,27,31)/t16-,17-,18+,19-,20?,24?/m0/s1. The molecule has 2 bridgehead atoms. The molecular formula is C24H32ClN3O4S. The van der Waals surface area contributed by atoms with Gasteiger partial charge in [0.25, 0.3) is 0 Å². The summed E-state index contributed by atoms with van der Waals surface area (Å²) in [6.45, 7) is 6.19. The summed E-state index contributed by atoms with van der Waals surface area (Å²) >= 11 is 7.61. The molecule has 1 spiro atoms. The summed E-state index contributed by atoms with van der Waals surface area (Å²) in [6, 6.07) is 5.59. The first-order valence-electron chi connectivity index (χ1n) is 11.7. The molecule has 0 aliphatic carbocycles. The number of rotatable bonds is 8. The summed E-state index contributed by atoms with van der Waals surface area (Å²) in [4.78, 5) is 42.3. The highest BCUT2D eigenvalue weighted by Crippen LogP contribution is 2.66. The third kappa shape index (κ3) is 4.04. The Morgan fingerprint density at radius 1 is 1.27 bits per heavy atom. The van der Waals surface area contributed by atoms with E-state index in [1.54, 1.807) is 40.9 Å². The van der Waals surface area contributed by atoms with E-state index >= 15 is 0 Å². The number of fused-ring (bicyclic) bond motifs is 1. The number of halogens is 1. The molecule has 3 amide bonds. The van der Waals surface area contributed by atoms with Crippen molar-refractivity contribution in [2.45, 2.75) is 62.1 Å². The van der Waals surface area contributed by atoms with E-state index in [9.17, 15) is 19.5 Å². The van der Waals surface area contributed by atoms with Gasteiger partial charge in [-0.2, -0.15) is 0 Å². The van der Waals surface area contributed by atoms with Crippen molar-refractivity contribution >= 4 is 46.8 Å². The van der Waals surface area contributed by atoms with Crippen LogP contribution in [-0.4, -0.2) is 63.0 Å². The second-order valence-electron chi connectivity index (χ2n) is 9.58. The average molecular weight is 494 g/mol. The molecule has 2 unspecified atom stereocenters. The molecule has 3 heterocycles. The summed E-state index contributed by atoms with van der Waals surface area (Å²) in [5, 5.41) is 16.7. The zero-order valence-corrected chi connectivity index (χ0v) is 20.8. The molecule has 0 radical (unpaired) electrons. The van der Waals surface area contributed by atoms with Gasteiger partial charge in [-0.1, -0.05) is 32.4 Å². The Kier molecular flexibility index (Phi) is 6.99. The maximum atomic E-state index is 13.9. The van der Waals surface area contributed by atoms with E-state index in [4.69, 9.17) is 11.6 Å². The van der Waals surface area contributed by atoms with E-state index in [1.807, 2.05) is 20.8 Å². The molecule has 3 saturated heterocycles. The average Bonchev–Trinajstić information content (AvgIpc) is 3.42. The molecule has 1 aromatic rings. The largest absolute Gasteiger partial charge is 0.394 e. The highest BCUT2D eigenvalue weighted by atomic mass is 35.5. The molecule has 6 atom stereocenters. The third-order valence-electron chi connectivity index (χ3n) is 7.26. The van der Waals surface area contributed by atoms with Crippen LogP contribution in [0.2, 0.25) is 5.02 Å². The molecule has 3 N–H and O–H groups in total. The normalized spacial score (nSPS) is 31.1. The molecule has 1 aromatic carbocycles. The van der Waals surface area contributed by atoms with Crippen LogP contribution >= 0.6 is 23.4 Å². The summed E-state index contributed by atoms with van der Waals surface area (Å²) in [5.74, 6) is -1.63. The molecule has 0 aromatic heterocycles. The van der Waals surface area contributed by atoms with Crippen LogP contribution in [0.1, 0.15) is 40.0 Å². The van der Waals surface area contributed by atoms with Gasteiger partial charge in [0.1, 0.15) is 6.04 Å². The van der Waals surface area contributed by atoms with Crippen LogP contribution in [0.15, 0.2) is 24.3 Å². The van der Waals surface area contributed by atoms with Gasteiger partial charge >= 0.3 is 0 Å². The Labute approximate surface area is 204 Å². The Hall–Kier alpha value is -1.77. The third-order valence-corrected chi connectivity index (χ3v) is 9.47. The van der Waals surface area contributed by atoms with Crippen LogP contribution in [0.5, 0.6) is 0 Å². The lowest BCUT2D eigenvalue weighted by Crippen LogP contribution is -2.56. The number of aliphatic hydroxyl groups is 1. The second kappa shape index (κ2) is 9.47. The molecular weight excluding hydrogens is 462 g/mol. The number of carbonyl (C=O) groups excluding carboxylic acids is 3. The number of aliphatic hydroxyl groups excluding tert-OH is 1. The fourth-order valence-corrected chi connectivity index (χ4v) is 8.11. The first kappa shape index (κ1) is 24.4. The topological polar surface area (TPSA) is 98.7 Å². The lowest BCUT2D eigenvalue weighted by molar-refractivity contribution is -0.142. The molecule has 180 valence electrons. The molecule has 33 heavy (non-hydrogen) atoms. The van der Waals surface area contributed by atoms with E-state index in [-0.39, 0.29) is 35.5 Å². The van der Waals surface area contributed by atoms with Gasteiger partial charge < -0.3 is 20.6 Å². The zero-order valence-electron chi connectivity index (χ0n) is 19.2. The summed E-state index contributed by atoms with van der Waals surface area (Å²) < 4.78 is -0.672. The van der Waals surface area contributed by atoms with Gasteiger partial charge in [0, 0.05) is 22.5 Å². The smallest absolute Gasteiger partial charge is 0.248 e. The fourth-order valence-electron chi connectivity index (χ4n) is 5.78.